The Kier molecular flexibility index (Phi) is 8.32. The SMILES string of the molecule is COc1ccc(NC(=O)CN(c2cccc(Cl)c2Cl)S(C)(=O)=O)cc1S(=O)(=O)N1CCOCC1. The Balaban J connectivity index is 1.88. The predicted octanol–water partition coefficient (Wildman–Crippen LogP) is 2.43. The van der Waals surface area contributed by atoms with Crippen molar-refractivity contribution in [2.45, 2.75) is 4.90 Å². The molecule has 34 heavy (non-hydrogen) atoms. The lowest BCUT2D eigenvalue weighted by Crippen LogP contribution is -2.40. The number of anilines is 2. The Morgan fingerprint density at radius 1 is 1.15 bits per heavy atom. The molecule has 10 nitrogen and oxygen atoms in total. The molecule has 0 aliphatic carbocycles. The van der Waals surface area contributed by atoms with Gasteiger partial charge < -0.3 is 14.8 Å². The fraction of sp³-hybridized carbons (Fsp3) is 0.350. The molecular formula is C20H23Cl2N3O7S2. The highest BCUT2D eigenvalue weighted by Gasteiger charge is 2.30. The van der Waals surface area contributed by atoms with Gasteiger partial charge in [0.15, 0.2) is 0 Å². The van der Waals surface area contributed by atoms with E-state index in [1.807, 2.05) is 0 Å². The molecule has 1 aliphatic heterocycles. The van der Waals surface area contributed by atoms with Crippen molar-refractivity contribution < 1.29 is 31.1 Å². The van der Waals surface area contributed by atoms with Crippen LogP contribution in [0.15, 0.2) is 41.3 Å². The molecule has 2 aromatic carbocycles. The van der Waals surface area contributed by atoms with E-state index in [0.29, 0.717) is 0 Å². The van der Waals surface area contributed by atoms with Crippen molar-refractivity contribution in [2.24, 2.45) is 0 Å². The van der Waals surface area contributed by atoms with E-state index in [9.17, 15) is 21.6 Å². The summed E-state index contributed by atoms with van der Waals surface area (Å²) in [5.41, 5.74) is 0.181. The van der Waals surface area contributed by atoms with Crippen LogP contribution in [-0.4, -0.2) is 73.3 Å². The summed E-state index contributed by atoms with van der Waals surface area (Å²) in [6, 6.07) is 8.53. The van der Waals surface area contributed by atoms with E-state index in [-0.39, 0.29) is 58.4 Å². The summed E-state index contributed by atoms with van der Waals surface area (Å²) in [4.78, 5) is 12.6. The molecule has 1 saturated heterocycles. The number of nitrogens with zero attached hydrogens (tertiary/aromatic N) is 2. The number of methoxy groups -OCH3 is 1. The molecule has 1 aliphatic rings. The summed E-state index contributed by atoms with van der Waals surface area (Å²) in [5, 5.41) is 2.63. The molecular weight excluding hydrogens is 529 g/mol. The standard InChI is InChI=1S/C20H23Cl2N3O7S2/c1-31-17-7-6-14(12-18(17)34(29,30)24-8-10-32-11-9-24)23-19(26)13-25(33(2,27)28)16-5-3-4-15(21)20(16)22/h3-7,12H,8-11,13H2,1-2H3,(H,23,26). The van der Waals surface area contributed by atoms with Crippen LogP contribution in [0.5, 0.6) is 5.75 Å². The van der Waals surface area contributed by atoms with Crippen LogP contribution in [0.1, 0.15) is 0 Å². The minimum absolute atomic E-state index is 0.0225. The third-order valence-corrected chi connectivity index (χ3v) is 8.78. The Labute approximate surface area is 208 Å². The van der Waals surface area contributed by atoms with Crippen molar-refractivity contribution in [2.75, 3.05) is 55.8 Å². The Bertz CT molecular complexity index is 1280. The zero-order valence-corrected chi connectivity index (χ0v) is 21.5. The second kappa shape index (κ2) is 10.7. The van der Waals surface area contributed by atoms with Gasteiger partial charge in [-0.25, -0.2) is 16.8 Å². The lowest BCUT2D eigenvalue weighted by molar-refractivity contribution is -0.114. The molecule has 1 N–H and O–H groups in total. The number of ether oxygens (including phenoxy) is 2. The molecule has 14 heteroatoms. The van der Waals surface area contributed by atoms with Crippen molar-refractivity contribution >= 4 is 60.5 Å². The summed E-state index contributed by atoms with van der Waals surface area (Å²) in [5.74, 6) is -0.616. The van der Waals surface area contributed by atoms with Gasteiger partial charge in [0.25, 0.3) is 0 Å². The zero-order chi connectivity index (χ0) is 25.1. The number of benzene rings is 2. The minimum atomic E-state index is -3.92. The second-order valence-corrected chi connectivity index (χ2v) is 11.9. The third-order valence-electron chi connectivity index (χ3n) is 4.92. The van der Waals surface area contributed by atoms with Crippen LogP contribution in [0.25, 0.3) is 0 Å². The van der Waals surface area contributed by atoms with E-state index in [2.05, 4.69) is 5.32 Å². The molecule has 0 radical (unpaired) electrons. The van der Waals surface area contributed by atoms with Gasteiger partial charge in [0, 0.05) is 18.8 Å². The van der Waals surface area contributed by atoms with E-state index in [1.54, 1.807) is 0 Å². The van der Waals surface area contributed by atoms with Crippen LogP contribution in [0.2, 0.25) is 10.0 Å². The normalized spacial score (nSPS) is 15.1. The van der Waals surface area contributed by atoms with Gasteiger partial charge in [-0.1, -0.05) is 29.3 Å². The van der Waals surface area contributed by atoms with Crippen LogP contribution in [-0.2, 0) is 29.6 Å². The average molecular weight is 552 g/mol. The van der Waals surface area contributed by atoms with Gasteiger partial charge in [-0.3, -0.25) is 9.10 Å². The van der Waals surface area contributed by atoms with Gasteiger partial charge in [0.1, 0.15) is 17.2 Å². The maximum atomic E-state index is 13.1. The molecule has 1 amide bonds. The average Bonchev–Trinajstić information content (AvgIpc) is 2.79. The van der Waals surface area contributed by atoms with Crippen molar-refractivity contribution in [3.63, 3.8) is 0 Å². The van der Waals surface area contributed by atoms with Crippen LogP contribution >= 0.6 is 23.2 Å². The van der Waals surface area contributed by atoms with Crippen molar-refractivity contribution in [3.05, 3.63) is 46.4 Å². The monoisotopic (exact) mass is 551 g/mol. The van der Waals surface area contributed by atoms with Gasteiger partial charge in [0.2, 0.25) is 26.0 Å². The summed E-state index contributed by atoms with van der Waals surface area (Å²) in [7, 11) is -6.49. The van der Waals surface area contributed by atoms with Gasteiger partial charge >= 0.3 is 0 Å². The smallest absolute Gasteiger partial charge is 0.246 e. The molecule has 1 heterocycles. The van der Waals surface area contributed by atoms with Crippen LogP contribution in [0, 0.1) is 0 Å². The number of nitrogens with one attached hydrogen (secondary N) is 1. The molecule has 0 unspecified atom stereocenters. The fourth-order valence-electron chi connectivity index (χ4n) is 3.28. The first kappa shape index (κ1) is 26.5. The quantitative estimate of drug-likeness (QED) is 0.534. The van der Waals surface area contributed by atoms with E-state index in [0.717, 1.165) is 10.6 Å². The fourth-order valence-corrected chi connectivity index (χ4v) is 6.18. The summed E-state index contributed by atoms with van der Waals surface area (Å²) in [6.07, 6.45) is 0.928. The molecule has 0 bridgehead atoms. The summed E-state index contributed by atoms with van der Waals surface area (Å²) >= 11 is 12.1. The highest BCUT2D eigenvalue weighted by molar-refractivity contribution is 7.92. The maximum absolute atomic E-state index is 13.1. The lowest BCUT2D eigenvalue weighted by Gasteiger charge is -2.27. The van der Waals surface area contributed by atoms with Gasteiger partial charge in [-0.15, -0.1) is 0 Å². The van der Waals surface area contributed by atoms with Crippen molar-refractivity contribution in [1.82, 2.24) is 4.31 Å². The number of carbonyl (C=O) groups is 1. The topological polar surface area (TPSA) is 122 Å². The Morgan fingerprint density at radius 3 is 2.44 bits per heavy atom. The summed E-state index contributed by atoms with van der Waals surface area (Å²) in [6.45, 7) is 0.296. The largest absolute Gasteiger partial charge is 0.495 e. The number of rotatable bonds is 8. The molecule has 186 valence electrons. The third kappa shape index (κ3) is 5.93. The van der Waals surface area contributed by atoms with Gasteiger partial charge in [0.05, 0.1) is 42.3 Å². The number of carbonyl (C=O) groups excluding carboxylic acids is 1. The molecule has 0 atom stereocenters. The number of hydrogen-bond acceptors (Lipinski definition) is 7. The molecule has 1 fully saturated rings. The van der Waals surface area contributed by atoms with Crippen LogP contribution < -0.4 is 14.4 Å². The first-order valence-corrected chi connectivity index (χ1v) is 14.0. The predicted molar refractivity (Wildman–Crippen MR) is 130 cm³/mol. The zero-order valence-electron chi connectivity index (χ0n) is 18.3. The van der Waals surface area contributed by atoms with E-state index in [4.69, 9.17) is 32.7 Å². The Hall–Kier alpha value is -2.09. The van der Waals surface area contributed by atoms with E-state index < -0.39 is 32.5 Å². The van der Waals surface area contributed by atoms with Crippen LogP contribution in [0.4, 0.5) is 11.4 Å². The summed E-state index contributed by atoms with van der Waals surface area (Å²) < 4.78 is 63.5. The van der Waals surface area contributed by atoms with Crippen molar-refractivity contribution in [3.8, 4) is 5.75 Å². The van der Waals surface area contributed by atoms with E-state index in [1.165, 1.54) is 47.8 Å². The van der Waals surface area contributed by atoms with Gasteiger partial charge in [-0.05, 0) is 30.3 Å². The molecule has 0 aromatic heterocycles. The maximum Gasteiger partial charge on any atom is 0.246 e. The minimum Gasteiger partial charge on any atom is -0.495 e. The molecule has 3 rings (SSSR count). The van der Waals surface area contributed by atoms with E-state index >= 15 is 0 Å². The number of hydrogen-bond donors (Lipinski definition) is 1. The number of amides is 1. The molecule has 0 saturated carbocycles. The number of halogens is 2. The van der Waals surface area contributed by atoms with Crippen molar-refractivity contribution in [1.29, 1.82) is 0 Å². The second-order valence-electron chi connectivity index (χ2n) is 7.27. The number of sulfonamides is 2. The van der Waals surface area contributed by atoms with Crippen LogP contribution in [0.3, 0.4) is 0 Å². The lowest BCUT2D eigenvalue weighted by atomic mass is 10.3. The first-order valence-electron chi connectivity index (χ1n) is 9.92. The molecule has 2 aromatic rings. The molecule has 0 spiro atoms. The Morgan fingerprint density at radius 2 is 1.82 bits per heavy atom. The first-order chi connectivity index (χ1) is 15.9. The number of morpholine rings is 1. The highest BCUT2D eigenvalue weighted by Crippen LogP contribution is 2.34. The van der Waals surface area contributed by atoms with Gasteiger partial charge in [-0.2, -0.15) is 4.31 Å². The highest BCUT2D eigenvalue weighted by atomic mass is 35.5.